The number of unbranched alkanes of at least 4 members (excludes halogenated alkanes) is 2. The summed E-state index contributed by atoms with van der Waals surface area (Å²) in [7, 11) is 0. The number of fused-ring (bicyclic) bond motifs is 1. The highest BCUT2D eigenvalue weighted by molar-refractivity contribution is 6.37. The minimum absolute atomic E-state index is 0.498. The van der Waals surface area contributed by atoms with E-state index in [9.17, 15) is 0 Å². The van der Waals surface area contributed by atoms with Crippen LogP contribution in [-0.4, -0.2) is 4.98 Å². The number of halogens is 2. The van der Waals surface area contributed by atoms with Gasteiger partial charge >= 0.3 is 0 Å². The van der Waals surface area contributed by atoms with Gasteiger partial charge in [0, 0.05) is 17.1 Å². The summed E-state index contributed by atoms with van der Waals surface area (Å²) in [5.74, 6) is 1.24. The number of H-pyrrole nitrogens is 1. The highest BCUT2D eigenvalue weighted by atomic mass is 35.5. The number of para-hydroxylation sites is 1. The fourth-order valence-corrected chi connectivity index (χ4v) is 3.17. The van der Waals surface area contributed by atoms with Crippen molar-refractivity contribution in [3.8, 4) is 11.5 Å². The minimum Gasteiger partial charge on any atom is -0.454 e. The number of hydrogen-bond donors (Lipinski definition) is 1. The molecular formula is C19H19Cl2NO. The van der Waals surface area contributed by atoms with Gasteiger partial charge in [-0.1, -0.05) is 49.0 Å². The summed E-state index contributed by atoms with van der Waals surface area (Å²) in [6, 6.07) is 11.3. The third-order valence-corrected chi connectivity index (χ3v) is 4.52. The lowest BCUT2D eigenvalue weighted by molar-refractivity contribution is 0.484. The van der Waals surface area contributed by atoms with Crippen molar-refractivity contribution >= 4 is 34.1 Å². The van der Waals surface area contributed by atoms with Gasteiger partial charge in [0.25, 0.3) is 0 Å². The van der Waals surface area contributed by atoms with E-state index in [1.165, 1.54) is 30.2 Å². The standard InChI is InChI=1S/C19H19Cl2NO/c1-2-3-4-6-13-12-22-18-10-9-14(11-15(13)18)23-19-16(20)7-5-8-17(19)21/h5,7-12,22H,2-4,6H2,1H3. The maximum absolute atomic E-state index is 6.18. The van der Waals surface area contributed by atoms with Crippen LogP contribution >= 0.6 is 23.2 Å². The molecule has 0 spiro atoms. The van der Waals surface area contributed by atoms with Crippen LogP contribution in [0.4, 0.5) is 0 Å². The van der Waals surface area contributed by atoms with Gasteiger partial charge < -0.3 is 9.72 Å². The van der Waals surface area contributed by atoms with Gasteiger partial charge in [0.15, 0.2) is 5.75 Å². The Labute approximate surface area is 146 Å². The van der Waals surface area contributed by atoms with Gasteiger partial charge in [0.05, 0.1) is 10.0 Å². The quantitative estimate of drug-likeness (QED) is 0.477. The largest absolute Gasteiger partial charge is 0.454 e. The van der Waals surface area contributed by atoms with Crippen molar-refractivity contribution in [3.05, 3.63) is 58.2 Å². The molecule has 0 aliphatic heterocycles. The SMILES string of the molecule is CCCCCc1c[nH]c2ccc(Oc3c(Cl)cccc3Cl)cc12. The molecule has 2 nitrogen and oxygen atoms in total. The average molecular weight is 348 g/mol. The molecule has 1 aromatic heterocycles. The lowest BCUT2D eigenvalue weighted by Crippen LogP contribution is -1.88. The van der Waals surface area contributed by atoms with Crippen LogP contribution in [0.25, 0.3) is 10.9 Å². The van der Waals surface area contributed by atoms with Crippen LogP contribution in [0.1, 0.15) is 31.7 Å². The summed E-state index contributed by atoms with van der Waals surface area (Å²) < 4.78 is 5.92. The summed E-state index contributed by atoms with van der Waals surface area (Å²) in [6.07, 6.45) is 6.83. The summed E-state index contributed by atoms with van der Waals surface area (Å²) in [5, 5.41) is 2.21. The number of benzene rings is 2. The zero-order chi connectivity index (χ0) is 16.2. The van der Waals surface area contributed by atoms with Gasteiger partial charge in [0.1, 0.15) is 5.75 Å². The molecule has 23 heavy (non-hydrogen) atoms. The van der Waals surface area contributed by atoms with Crippen LogP contribution in [-0.2, 0) is 6.42 Å². The van der Waals surface area contributed by atoms with Crippen LogP contribution in [0.15, 0.2) is 42.6 Å². The molecule has 1 heterocycles. The van der Waals surface area contributed by atoms with E-state index in [1.54, 1.807) is 18.2 Å². The first-order valence-electron chi connectivity index (χ1n) is 7.91. The summed E-state index contributed by atoms with van der Waals surface area (Å²) in [6.45, 7) is 2.22. The Hall–Kier alpha value is -1.64. The van der Waals surface area contributed by atoms with Crippen molar-refractivity contribution in [1.82, 2.24) is 4.98 Å². The number of ether oxygens (including phenoxy) is 1. The lowest BCUT2D eigenvalue weighted by Gasteiger charge is -2.09. The van der Waals surface area contributed by atoms with E-state index in [-0.39, 0.29) is 0 Å². The van der Waals surface area contributed by atoms with Crippen LogP contribution in [0.2, 0.25) is 10.0 Å². The zero-order valence-electron chi connectivity index (χ0n) is 13.0. The predicted molar refractivity (Wildman–Crippen MR) is 98.1 cm³/mol. The monoisotopic (exact) mass is 347 g/mol. The smallest absolute Gasteiger partial charge is 0.164 e. The normalized spacial score (nSPS) is 11.1. The van der Waals surface area contributed by atoms with E-state index < -0.39 is 0 Å². The number of aryl methyl sites for hydroxylation is 1. The molecule has 0 atom stereocenters. The summed E-state index contributed by atoms with van der Waals surface area (Å²) >= 11 is 12.4. The molecule has 4 heteroatoms. The van der Waals surface area contributed by atoms with Crippen molar-refractivity contribution in [2.75, 3.05) is 0 Å². The molecule has 120 valence electrons. The summed E-state index contributed by atoms with van der Waals surface area (Å²) in [4.78, 5) is 3.32. The molecule has 2 aromatic carbocycles. The highest BCUT2D eigenvalue weighted by Crippen LogP contribution is 2.37. The fourth-order valence-electron chi connectivity index (χ4n) is 2.69. The van der Waals surface area contributed by atoms with E-state index in [0.29, 0.717) is 15.8 Å². The highest BCUT2D eigenvalue weighted by Gasteiger charge is 2.10. The molecule has 3 aromatic rings. The Morgan fingerprint density at radius 2 is 1.83 bits per heavy atom. The topological polar surface area (TPSA) is 25.0 Å². The molecule has 0 radical (unpaired) electrons. The average Bonchev–Trinajstić information content (AvgIpc) is 2.94. The van der Waals surface area contributed by atoms with Crippen LogP contribution < -0.4 is 4.74 Å². The fraction of sp³-hybridized carbons (Fsp3) is 0.263. The van der Waals surface area contributed by atoms with Gasteiger partial charge in [-0.3, -0.25) is 0 Å². The number of aromatic nitrogens is 1. The van der Waals surface area contributed by atoms with E-state index >= 15 is 0 Å². The van der Waals surface area contributed by atoms with Crippen molar-refractivity contribution in [2.45, 2.75) is 32.6 Å². The summed E-state index contributed by atoms with van der Waals surface area (Å²) in [5.41, 5.74) is 2.44. The van der Waals surface area contributed by atoms with Gasteiger partial charge in [-0.05, 0) is 48.7 Å². The second-order valence-electron chi connectivity index (χ2n) is 5.63. The molecule has 0 amide bonds. The van der Waals surface area contributed by atoms with E-state index in [0.717, 1.165) is 17.7 Å². The van der Waals surface area contributed by atoms with Crippen molar-refractivity contribution < 1.29 is 4.74 Å². The van der Waals surface area contributed by atoms with Crippen molar-refractivity contribution in [2.24, 2.45) is 0 Å². The Balaban J connectivity index is 1.88. The molecule has 0 unspecified atom stereocenters. The first-order valence-corrected chi connectivity index (χ1v) is 8.66. The number of aromatic amines is 1. The molecule has 0 bridgehead atoms. The lowest BCUT2D eigenvalue weighted by atomic mass is 10.1. The Morgan fingerprint density at radius 1 is 1.04 bits per heavy atom. The van der Waals surface area contributed by atoms with Gasteiger partial charge in [0.2, 0.25) is 0 Å². The predicted octanol–water partition coefficient (Wildman–Crippen LogP) is 7.00. The first-order chi connectivity index (χ1) is 11.2. The molecular weight excluding hydrogens is 329 g/mol. The van der Waals surface area contributed by atoms with Crippen LogP contribution in [0.3, 0.4) is 0 Å². The molecule has 0 fully saturated rings. The first kappa shape index (κ1) is 16.2. The second kappa shape index (κ2) is 7.29. The maximum atomic E-state index is 6.18. The van der Waals surface area contributed by atoms with E-state index in [1.807, 2.05) is 18.2 Å². The number of rotatable bonds is 6. The molecule has 3 rings (SSSR count). The van der Waals surface area contributed by atoms with Crippen molar-refractivity contribution in [1.29, 1.82) is 0 Å². The van der Waals surface area contributed by atoms with Crippen molar-refractivity contribution in [3.63, 3.8) is 0 Å². The third-order valence-electron chi connectivity index (χ3n) is 3.93. The van der Waals surface area contributed by atoms with E-state index in [4.69, 9.17) is 27.9 Å². The molecule has 1 N–H and O–H groups in total. The molecule has 0 aliphatic carbocycles. The molecule has 0 saturated heterocycles. The minimum atomic E-state index is 0.498. The van der Waals surface area contributed by atoms with Gasteiger partial charge in [-0.25, -0.2) is 0 Å². The Bertz CT molecular complexity index is 790. The Kier molecular flexibility index (Phi) is 5.14. The van der Waals surface area contributed by atoms with Crippen LogP contribution in [0, 0.1) is 0 Å². The number of hydrogen-bond acceptors (Lipinski definition) is 1. The molecule has 0 saturated carbocycles. The third kappa shape index (κ3) is 3.65. The Morgan fingerprint density at radius 3 is 2.57 bits per heavy atom. The van der Waals surface area contributed by atoms with Crippen LogP contribution in [0.5, 0.6) is 11.5 Å². The second-order valence-corrected chi connectivity index (χ2v) is 6.45. The van der Waals surface area contributed by atoms with E-state index in [2.05, 4.69) is 18.1 Å². The van der Waals surface area contributed by atoms with Gasteiger partial charge in [-0.15, -0.1) is 0 Å². The zero-order valence-corrected chi connectivity index (χ0v) is 14.5. The number of nitrogens with one attached hydrogen (secondary N) is 1. The van der Waals surface area contributed by atoms with Gasteiger partial charge in [-0.2, -0.15) is 0 Å². The maximum Gasteiger partial charge on any atom is 0.164 e. The molecule has 0 aliphatic rings.